The number of ketones is 1. The number of carbonyl (C=O) groups excluding carboxylic acids is 1. The Balaban J connectivity index is 1.98. The van der Waals surface area contributed by atoms with Gasteiger partial charge in [0.1, 0.15) is 5.78 Å². The summed E-state index contributed by atoms with van der Waals surface area (Å²) in [6, 6.07) is 4.16. The molecule has 3 heteroatoms. The lowest BCUT2D eigenvalue weighted by atomic mass is 9.93. The van der Waals surface area contributed by atoms with E-state index in [4.69, 9.17) is 0 Å². The minimum Gasteiger partial charge on any atom is -0.314 e. The van der Waals surface area contributed by atoms with Crippen LogP contribution in [0.4, 0.5) is 0 Å². The van der Waals surface area contributed by atoms with Crippen LogP contribution in [0.5, 0.6) is 0 Å². The Labute approximate surface area is 89.9 Å². The molecule has 2 atom stereocenters. The maximum Gasteiger partial charge on any atom is 0.141 e. The Kier molecular flexibility index (Phi) is 3.11. The summed E-state index contributed by atoms with van der Waals surface area (Å²) in [4.78, 5) is 16.0. The van der Waals surface area contributed by atoms with E-state index < -0.39 is 0 Å². The lowest BCUT2D eigenvalue weighted by Gasteiger charge is -2.13. The monoisotopic (exact) mass is 204 g/mol. The highest BCUT2D eigenvalue weighted by Crippen LogP contribution is 2.18. The number of rotatable bonds is 3. The molecule has 80 valence electrons. The molecule has 2 rings (SSSR count). The van der Waals surface area contributed by atoms with Crippen LogP contribution in [-0.4, -0.2) is 23.4 Å². The van der Waals surface area contributed by atoms with E-state index in [2.05, 4.69) is 17.2 Å². The molecule has 1 fully saturated rings. The van der Waals surface area contributed by atoms with Gasteiger partial charge in [-0.3, -0.25) is 9.78 Å². The minimum absolute atomic E-state index is 0.185. The molecule has 1 aliphatic heterocycles. The Hall–Kier alpha value is -1.22. The van der Waals surface area contributed by atoms with Crippen molar-refractivity contribution >= 4 is 5.78 Å². The average Bonchev–Trinajstić information content (AvgIpc) is 2.66. The van der Waals surface area contributed by atoms with E-state index in [9.17, 15) is 4.79 Å². The van der Waals surface area contributed by atoms with Crippen molar-refractivity contribution in [2.75, 3.05) is 6.54 Å². The van der Waals surface area contributed by atoms with Crippen molar-refractivity contribution in [3.05, 3.63) is 30.1 Å². The van der Waals surface area contributed by atoms with Crippen molar-refractivity contribution in [3.63, 3.8) is 0 Å². The maximum atomic E-state index is 12.0. The third-order valence-corrected chi connectivity index (χ3v) is 3.04. The fourth-order valence-corrected chi connectivity index (χ4v) is 2.13. The zero-order chi connectivity index (χ0) is 10.7. The summed E-state index contributed by atoms with van der Waals surface area (Å²) in [5.74, 6) is 0.519. The summed E-state index contributed by atoms with van der Waals surface area (Å²) in [5.41, 5.74) is 1.02. The molecule has 15 heavy (non-hydrogen) atoms. The number of nitrogens with one attached hydrogen (secondary N) is 1. The molecular formula is C12H16N2O. The van der Waals surface area contributed by atoms with Crippen LogP contribution < -0.4 is 5.32 Å². The van der Waals surface area contributed by atoms with Crippen molar-refractivity contribution in [3.8, 4) is 0 Å². The molecule has 0 amide bonds. The van der Waals surface area contributed by atoms with Crippen molar-refractivity contribution in [1.82, 2.24) is 10.3 Å². The molecule has 3 nitrogen and oxygen atoms in total. The van der Waals surface area contributed by atoms with Gasteiger partial charge in [0.15, 0.2) is 0 Å². The van der Waals surface area contributed by atoms with Gasteiger partial charge in [0.2, 0.25) is 0 Å². The van der Waals surface area contributed by atoms with E-state index in [1.165, 1.54) is 0 Å². The van der Waals surface area contributed by atoms with Gasteiger partial charge >= 0.3 is 0 Å². The SMILES string of the molecule is CC1NCCC1C(=O)Cc1cccnc1. The predicted octanol–water partition coefficient (Wildman–Crippen LogP) is 1.19. The van der Waals surface area contributed by atoms with Crippen LogP contribution >= 0.6 is 0 Å². The second-order valence-corrected chi connectivity index (χ2v) is 4.14. The smallest absolute Gasteiger partial charge is 0.141 e. The van der Waals surface area contributed by atoms with Gasteiger partial charge in [-0.05, 0) is 31.5 Å². The Bertz CT molecular complexity index is 337. The number of Topliss-reactive ketones (excluding diaryl/α,β-unsaturated/α-hetero) is 1. The van der Waals surface area contributed by atoms with Crippen molar-refractivity contribution in [1.29, 1.82) is 0 Å². The summed E-state index contributed by atoms with van der Waals surface area (Å²) >= 11 is 0. The van der Waals surface area contributed by atoms with Crippen molar-refractivity contribution < 1.29 is 4.79 Å². The van der Waals surface area contributed by atoms with Gasteiger partial charge < -0.3 is 5.32 Å². The van der Waals surface area contributed by atoms with Gasteiger partial charge in [0.05, 0.1) is 0 Å². The largest absolute Gasteiger partial charge is 0.314 e. The Morgan fingerprint density at radius 3 is 3.13 bits per heavy atom. The van der Waals surface area contributed by atoms with E-state index in [1.807, 2.05) is 12.1 Å². The molecule has 2 heterocycles. The standard InChI is InChI=1S/C12H16N2O/c1-9-11(4-6-14-9)12(15)7-10-3-2-5-13-8-10/h2-3,5,8-9,11,14H,4,6-7H2,1H3. The summed E-state index contributed by atoms with van der Waals surface area (Å²) in [7, 11) is 0. The summed E-state index contributed by atoms with van der Waals surface area (Å²) < 4.78 is 0. The van der Waals surface area contributed by atoms with Crippen LogP contribution in [0.3, 0.4) is 0 Å². The first kappa shape index (κ1) is 10.3. The quantitative estimate of drug-likeness (QED) is 0.804. The minimum atomic E-state index is 0.185. The van der Waals surface area contributed by atoms with E-state index in [0.29, 0.717) is 18.2 Å². The Morgan fingerprint density at radius 2 is 2.53 bits per heavy atom. The number of nitrogens with zero attached hydrogens (tertiary/aromatic N) is 1. The van der Waals surface area contributed by atoms with Gasteiger partial charge in [-0.2, -0.15) is 0 Å². The van der Waals surface area contributed by atoms with Crippen LogP contribution in [0, 0.1) is 5.92 Å². The molecule has 2 unspecified atom stereocenters. The molecule has 0 aromatic carbocycles. The number of pyridine rings is 1. The fraction of sp³-hybridized carbons (Fsp3) is 0.500. The second kappa shape index (κ2) is 4.53. The third-order valence-electron chi connectivity index (χ3n) is 3.04. The van der Waals surface area contributed by atoms with Gasteiger partial charge in [-0.15, -0.1) is 0 Å². The summed E-state index contributed by atoms with van der Waals surface area (Å²) in [6.07, 6.45) is 4.99. The molecule has 1 N–H and O–H groups in total. The van der Waals surface area contributed by atoms with E-state index in [-0.39, 0.29) is 5.92 Å². The van der Waals surface area contributed by atoms with E-state index >= 15 is 0 Å². The van der Waals surface area contributed by atoms with Gasteiger partial charge in [0, 0.05) is 30.8 Å². The molecule has 0 spiro atoms. The average molecular weight is 204 g/mol. The third kappa shape index (κ3) is 2.42. The molecule has 0 radical (unpaired) electrons. The van der Waals surface area contributed by atoms with Crippen molar-refractivity contribution in [2.45, 2.75) is 25.8 Å². The number of carbonyl (C=O) groups is 1. The molecule has 1 aromatic heterocycles. The van der Waals surface area contributed by atoms with Gasteiger partial charge in [-0.25, -0.2) is 0 Å². The fourth-order valence-electron chi connectivity index (χ4n) is 2.13. The molecule has 0 aliphatic carbocycles. The number of hydrogen-bond acceptors (Lipinski definition) is 3. The zero-order valence-electron chi connectivity index (χ0n) is 8.94. The molecule has 1 aromatic rings. The topological polar surface area (TPSA) is 42.0 Å². The van der Waals surface area contributed by atoms with Crippen LogP contribution in [0.25, 0.3) is 0 Å². The first-order valence-electron chi connectivity index (χ1n) is 5.42. The van der Waals surface area contributed by atoms with Crippen molar-refractivity contribution in [2.24, 2.45) is 5.92 Å². The van der Waals surface area contributed by atoms with Crippen LogP contribution in [0.15, 0.2) is 24.5 Å². The highest BCUT2D eigenvalue weighted by Gasteiger charge is 2.28. The van der Waals surface area contributed by atoms with Gasteiger partial charge in [-0.1, -0.05) is 6.07 Å². The molecule has 1 saturated heterocycles. The first-order chi connectivity index (χ1) is 7.27. The normalized spacial score (nSPS) is 25.4. The first-order valence-corrected chi connectivity index (χ1v) is 5.42. The predicted molar refractivity (Wildman–Crippen MR) is 58.5 cm³/mol. The molecular weight excluding hydrogens is 188 g/mol. The maximum absolute atomic E-state index is 12.0. The van der Waals surface area contributed by atoms with Crippen LogP contribution in [0.1, 0.15) is 18.9 Å². The highest BCUT2D eigenvalue weighted by molar-refractivity contribution is 5.84. The molecule has 0 bridgehead atoms. The van der Waals surface area contributed by atoms with Gasteiger partial charge in [0.25, 0.3) is 0 Å². The second-order valence-electron chi connectivity index (χ2n) is 4.14. The molecule has 1 aliphatic rings. The summed E-state index contributed by atoms with van der Waals surface area (Å²) in [5, 5.41) is 3.30. The molecule has 0 saturated carbocycles. The Morgan fingerprint density at radius 1 is 1.67 bits per heavy atom. The lowest BCUT2D eigenvalue weighted by molar-refractivity contribution is -0.122. The van der Waals surface area contributed by atoms with Crippen LogP contribution in [0.2, 0.25) is 0 Å². The highest BCUT2D eigenvalue weighted by atomic mass is 16.1. The number of hydrogen-bond donors (Lipinski definition) is 1. The van der Waals surface area contributed by atoms with E-state index in [1.54, 1.807) is 12.4 Å². The lowest BCUT2D eigenvalue weighted by Crippen LogP contribution is -2.29. The van der Waals surface area contributed by atoms with Crippen LogP contribution in [-0.2, 0) is 11.2 Å². The van der Waals surface area contributed by atoms with E-state index in [0.717, 1.165) is 18.5 Å². The number of aromatic nitrogens is 1. The zero-order valence-corrected chi connectivity index (χ0v) is 8.94. The summed E-state index contributed by atoms with van der Waals surface area (Å²) in [6.45, 7) is 3.05.